The van der Waals surface area contributed by atoms with Crippen LogP contribution in [0.25, 0.3) is 43.0 Å². The number of thiophene rings is 1. The number of aromatic amines is 2. The van der Waals surface area contributed by atoms with Crippen molar-refractivity contribution in [2.45, 2.75) is 77.5 Å². The number of carbonyl (C=O) groups excluding carboxylic acids is 4. The van der Waals surface area contributed by atoms with Gasteiger partial charge in [0.1, 0.15) is 23.7 Å². The van der Waals surface area contributed by atoms with E-state index in [-0.39, 0.29) is 60.5 Å². The number of benzene rings is 2. The van der Waals surface area contributed by atoms with Gasteiger partial charge in [-0.2, -0.15) is 0 Å². The number of alkyl carbamates (subject to hydrolysis) is 2. The zero-order valence-corrected chi connectivity index (χ0v) is 36.4. The van der Waals surface area contributed by atoms with Gasteiger partial charge in [-0.05, 0) is 66.0 Å². The molecule has 0 spiro atoms. The average Bonchev–Trinajstić information content (AvgIpc) is 4.06. The molecule has 17 heteroatoms. The van der Waals surface area contributed by atoms with Crippen molar-refractivity contribution in [1.29, 1.82) is 0 Å². The molecule has 0 bridgehead atoms. The first-order valence-electron chi connectivity index (χ1n) is 19.5. The van der Waals surface area contributed by atoms with Gasteiger partial charge >= 0.3 is 12.2 Å². The highest BCUT2D eigenvalue weighted by molar-refractivity contribution is 7.18. The minimum Gasteiger partial charge on any atom is -0.453 e. The highest BCUT2D eigenvalue weighted by Gasteiger charge is 2.39. The molecule has 2 fully saturated rings. The van der Waals surface area contributed by atoms with Crippen molar-refractivity contribution in [2.24, 2.45) is 11.8 Å². The number of halogens is 2. The first-order valence-corrected chi connectivity index (χ1v) is 20.3. The molecule has 316 valence electrons. The predicted molar refractivity (Wildman–Crippen MR) is 233 cm³/mol. The van der Waals surface area contributed by atoms with Gasteiger partial charge in [0.25, 0.3) is 0 Å². The van der Waals surface area contributed by atoms with Gasteiger partial charge in [-0.15, -0.1) is 36.2 Å². The minimum atomic E-state index is -0.703. The summed E-state index contributed by atoms with van der Waals surface area (Å²) in [4.78, 5) is 73.7. The number of fused-ring (bicyclic) bond motifs is 1. The number of ether oxygens (including phenoxy) is 2. The molecule has 4 atom stereocenters. The Morgan fingerprint density at radius 2 is 1.14 bits per heavy atom. The number of rotatable bonds is 11. The molecule has 0 radical (unpaired) electrons. The second-order valence-corrected chi connectivity index (χ2v) is 16.4. The predicted octanol–water partition coefficient (Wildman–Crippen LogP) is 8.28. The molecule has 59 heavy (non-hydrogen) atoms. The topological polar surface area (TPSA) is 175 Å². The maximum atomic E-state index is 13.7. The van der Waals surface area contributed by atoms with Gasteiger partial charge in [0.15, 0.2) is 0 Å². The highest BCUT2D eigenvalue weighted by Crippen LogP contribution is 2.41. The molecule has 2 aliphatic rings. The number of hydrogen-bond acceptors (Lipinski definition) is 9. The van der Waals surface area contributed by atoms with Crippen molar-refractivity contribution in [1.82, 2.24) is 40.4 Å². The molecule has 4 unspecified atom stereocenters. The van der Waals surface area contributed by atoms with Crippen LogP contribution in [-0.2, 0) is 19.1 Å². The third-order valence-electron chi connectivity index (χ3n) is 11.0. The number of H-pyrrole nitrogens is 2. The number of likely N-dealkylation sites (tertiary alicyclic amines) is 2. The summed E-state index contributed by atoms with van der Waals surface area (Å²) in [5.74, 6) is 0.924. The lowest BCUT2D eigenvalue weighted by Gasteiger charge is -2.30. The fourth-order valence-electron chi connectivity index (χ4n) is 8.05. The molecule has 5 heterocycles. The first kappa shape index (κ1) is 45.0. The van der Waals surface area contributed by atoms with E-state index in [4.69, 9.17) is 19.4 Å². The lowest BCUT2D eigenvalue weighted by molar-refractivity contribution is -0.136. The molecule has 14 nitrogen and oxygen atoms in total. The Bertz CT molecular complexity index is 2270. The fraction of sp³-hybridized carbons (Fsp3) is 0.429. The molecule has 4 amide bonds. The van der Waals surface area contributed by atoms with Crippen molar-refractivity contribution < 1.29 is 28.7 Å². The van der Waals surface area contributed by atoms with Crippen LogP contribution in [0.5, 0.6) is 0 Å². The smallest absolute Gasteiger partial charge is 0.407 e. The number of hydrogen-bond donors (Lipinski definition) is 4. The normalized spacial score (nSPS) is 17.4. The summed E-state index contributed by atoms with van der Waals surface area (Å²) < 4.78 is 9.56. The van der Waals surface area contributed by atoms with Gasteiger partial charge in [-0.1, -0.05) is 64.1 Å². The Kier molecular flexibility index (Phi) is 14.7. The zero-order valence-electron chi connectivity index (χ0n) is 33.9. The van der Waals surface area contributed by atoms with Crippen molar-refractivity contribution in [3.63, 3.8) is 0 Å². The van der Waals surface area contributed by atoms with E-state index in [9.17, 15) is 19.2 Å². The maximum absolute atomic E-state index is 13.7. The molecule has 0 aliphatic carbocycles. The molecule has 3 aromatic heterocycles. The van der Waals surface area contributed by atoms with E-state index in [1.807, 2.05) is 56.0 Å². The first-order chi connectivity index (χ1) is 27.5. The second-order valence-electron chi connectivity index (χ2n) is 15.3. The van der Waals surface area contributed by atoms with Crippen LogP contribution in [0, 0.1) is 11.8 Å². The van der Waals surface area contributed by atoms with E-state index in [1.54, 1.807) is 11.3 Å². The Morgan fingerprint density at radius 1 is 0.678 bits per heavy atom. The monoisotopic (exact) mass is 866 g/mol. The van der Waals surface area contributed by atoms with Crippen LogP contribution in [0.3, 0.4) is 0 Å². The number of nitrogens with zero attached hydrogens (tertiary/aromatic N) is 4. The molecule has 2 aliphatic heterocycles. The van der Waals surface area contributed by atoms with Crippen LogP contribution in [0.1, 0.15) is 77.1 Å². The Balaban J connectivity index is 0.00000331. The molecule has 0 saturated carbocycles. The number of imidazole rings is 2. The SMILES string of the molecule is COC(=O)NC(C(=O)N1CCCC1c1ncc(-c2ccc(-c3cccc4c(-c5cnc(C6CCCN6C(=O)C(NC(=O)OC)C(C)C)[nH]5)cccc34)s2)[nH]1)C(C)C.Cl.Cl. The molecule has 2 saturated heterocycles. The van der Waals surface area contributed by atoms with Crippen LogP contribution < -0.4 is 10.6 Å². The van der Waals surface area contributed by atoms with Gasteiger partial charge in [0.2, 0.25) is 11.8 Å². The summed E-state index contributed by atoms with van der Waals surface area (Å²) in [6.07, 6.45) is 5.63. The van der Waals surface area contributed by atoms with Crippen molar-refractivity contribution >= 4 is 70.9 Å². The molecule has 2 aromatic carbocycles. The standard InChI is InChI=1S/C42H50N8O6S.2ClH/c1-23(2)35(47-41(53)55-5)39(51)49-19-9-15-31(49)37-43-21-29(45-37)27-13-7-12-26-25(27)11-8-14-28(26)33-17-18-34(57-33)30-22-44-38(46-30)32-16-10-20-50(32)40(52)36(24(3)4)48-42(54)56-6;;/h7-8,11-14,17-18,21-24,31-32,35-36H,9-10,15-16,19-20H2,1-6H3,(H,43,45)(H,44,46)(H,47,53)(H,48,54);2*1H. The molecular formula is C42H52Cl2N8O6S. The second kappa shape index (κ2) is 19.3. The van der Waals surface area contributed by atoms with E-state index in [1.165, 1.54) is 14.2 Å². The summed E-state index contributed by atoms with van der Waals surface area (Å²) in [5.41, 5.74) is 3.83. The zero-order chi connectivity index (χ0) is 40.4. The Hall–Kier alpha value is -5.12. The minimum absolute atomic E-state index is 0. The van der Waals surface area contributed by atoms with Gasteiger partial charge in [0, 0.05) is 23.5 Å². The Morgan fingerprint density at radius 3 is 1.64 bits per heavy atom. The fourth-order valence-corrected chi connectivity index (χ4v) is 9.06. The molecule has 5 aromatic rings. The van der Waals surface area contributed by atoms with Gasteiger partial charge in [0.05, 0.1) is 55.0 Å². The molecular weight excluding hydrogens is 815 g/mol. The van der Waals surface area contributed by atoms with Crippen LogP contribution in [0.4, 0.5) is 9.59 Å². The van der Waals surface area contributed by atoms with E-state index in [0.29, 0.717) is 18.9 Å². The summed E-state index contributed by atoms with van der Waals surface area (Å²) >= 11 is 1.66. The number of aromatic nitrogens is 4. The average molecular weight is 868 g/mol. The van der Waals surface area contributed by atoms with Gasteiger partial charge in [-0.25, -0.2) is 19.6 Å². The lowest BCUT2D eigenvalue weighted by Crippen LogP contribution is -2.51. The summed E-state index contributed by atoms with van der Waals surface area (Å²) in [7, 11) is 2.58. The van der Waals surface area contributed by atoms with Gasteiger partial charge < -0.3 is 39.9 Å². The van der Waals surface area contributed by atoms with E-state index in [0.717, 1.165) is 74.5 Å². The van der Waals surface area contributed by atoms with Gasteiger partial charge in [-0.3, -0.25) is 9.59 Å². The highest BCUT2D eigenvalue weighted by atomic mass is 35.5. The van der Waals surface area contributed by atoms with E-state index < -0.39 is 24.3 Å². The van der Waals surface area contributed by atoms with Crippen molar-refractivity contribution in [3.8, 4) is 32.3 Å². The van der Waals surface area contributed by atoms with Crippen molar-refractivity contribution in [3.05, 3.63) is 72.6 Å². The Labute approximate surface area is 360 Å². The molecule has 4 N–H and O–H groups in total. The number of nitrogens with one attached hydrogen (secondary N) is 4. The van der Waals surface area contributed by atoms with E-state index >= 15 is 0 Å². The van der Waals surface area contributed by atoms with Crippen LogP contribution in [0.2, 0.25) is 0 Å². The lowest BCUT2D eigenvalue weighted by atomic mass is 9.98. The molecule has 7 rings (SSSR count). The van der Waals surface area contributed by atoms with Crippen molar-refractivity contribution in [2.75, 3.05) is 27.3 Å². The summed E-state index contributed by atoms with van der Waals surface area (Å²) in [6, 6.07) is 14.9. The third-order valence-corrected chi connectivity index (χ3v) is 12.2. The quantitative estimate of drug-likeness (QED) is 0.103. The number of carbonyl (C=O) groups is 4. The van der Waals surface area contributed by atoms with Crippen LogP contribution in [0.15, 0.2) is 60.9 Å². The third kappa shape index (κ3) is 9.22. The summed E-state index contributed by atoms with van der Waals surface area (Å²) in [6.45, 7) is 8.79. The number of methoxy groups -OCH3 is 2. The van der Waals surface area contributed by atoms with Crippen LogP contribution >= 0.6 is 36.2 Å². The largest absolute Gasteiger partial charge is 0.453 e. The van der Waals surface area contributed by atoms with E-state index in [2.05, 4.69) is 63.1 Å². The maximum Gasteiger partial charge on any atom is 0.407 e. The summed E-state index contributed by atoms with van der Waals surface area (Å²) in [5, 5.41) is 7.58. The number of amides is 4. The van der Waals surface area contributed by atoms with Crippen LogP contribution in [-0.4, -0.2) is 93.1 Å².